The van der Waals surface area contributed by atoms with Crippen molar-refractivity contribution in [3.8, 4) is 39.1 Å². The fraction of sp³-hybridized carbons (Fsp3) is 0.0169. The maximum Gasteiger partial charge on any atom is 0.0726 e. The second kappa shape index (κ2) is 11.8. The lowest BCUT2D eigenvalue weighted by Gasteiger charge is -2.32. The number of aromatic nitrogens is 1. The molecule has 12 aromatic rings. The van der Waals surface area contributed by atoms with Gasteiger partial charge in [0, 0.05) is 53.1 Å². The Morgan fingerprint density at radius 3 is 1.89 bits per heavy atom. The van der Waals surface area contributed by atoms with Gasteiger partial charge in [-0.15, -0.1) is 11.3 Å². The maximum absolute atomic E-state index is 2.61. The highest BCUT2D eigenvalue weighted by Gasteiger charge is 2.53. The maximum atomic E-state index is 2.61. The summed E-state index contributed by atoms with van der Waals surface area (Å²) in [7, 11) is 0. The molecule has 2 aromatic heterocycles. The first-order chi connectivity index (χ1) is 30.8. The molecule has 286 valence electrons. The second-order valence-electron chi connectivity index (χ2n) is 17.1. The zero-order valence-corrected chi connectivity index (χ0v) is 34.2. The Bertz CT molecular complexity index is 3910. The van der Waals surface area contributed by atoms with Crippen LogP contribution in [0.5, 0.6) is 0 Å². The number of fused-ring (bicyclic) bond motifs is 17. The molecule has 0 saturated carbocycles. The van der Waals surface area contributed by atoms with E-state index in [4.69, 9.17) is 0 Å². The molecule has 0 radical (unpaired) electrons. The van der Waals surface area contributed by atoms with E-state index in [1.54, 1.807) is 0 Å². The van der Waals surface area contributed by atoms with E-state index in [0.717, 1.165) is 17.1 Å². The van der Waals surface area contributed by atoms with Gasteiger partial charge in [-0.05, 0) is 98.4 Å². The number of thiophene rings is 1. The first-order valence-corrected chi connectivity index (χ1v) is 22.3. The monoisotopic (exact) mass is 802 g/mol. The molecule has 0 bridgehead atoms. The van der Waals surface area contributed by atoms with Crippen LogP contribution in [-0.2, 0) is 5.41 Å². The Hall–Kier alpha value is -7.72. The van der Waals surface area contributed by atoms with Crippen LogP contribution in [0.1, 0.15) is 22.3 Å². The Balaban J connectivity index is 1.12. The average molecular weight is 803 g/mol. The summed E-state index contributed by atoms with van der Waals surface area (Å²) >= 11 is 1.87. The largest absolute Gasteiger partial charge is 0.309 e. The number of nitrogens with zero attached hydrogens (tertiary/aromatic N) is 2. The standard InChI is InChI=1S/C59H34N2S/c1-2-16-37-35(14-1)15-11-26-49(37)60(36-30-33-54-44(34-36)41-20-6-10-29-53(41)62-54)51-27-13-28-52-56(51)43-21-12-24-47-55(43)57-48(32-31-42-40-19-5-9-25-50(40)61(52)58(42)57)59(47)45-22-7-3-17-38(45)39-18-4-8-23-46(39)59/h1-34H. The zero-order valence-electron chi connectivity index (χ0n) is 33.4. The first kappa shape index (κ1) is 33.1. The van der Waals surface area contributed by atoms with Gasteiger partial charge < -0.3 is 9.47 Å². The summed E-state index contributed by atoms with van der Waals surface area (Å²) in [5, 5.41) is 7.58. The van der Waals surface area contributed by atoms with Gasteiger partial charge >= 0.3 is 0 Å². The zero-order chi connectivity index (χ0) is 40.3. The molecule has 3 heteroatoms. The Morgan fingerprint density at radius 1 is 0.387 bits per heavy atom. The van der Waals surface area contributed by atoms with Gasteiger partial charge in [-0.2, -0.15) is 0 Å². The summed E-state index contributed by atoms with van der Waals surface area (Å²) in [4.78, 5) is 2.55. The molecule has 1 spiro atoms. The van der Waals surface area contributed by atoms with Gasteiger partial charge in [0.1, 0.15) is 0 Å². The van der Waals surface area contributed by atoms with Crippen molar-refractivity contribution in [2.24, 2.45) is 0 Å². The normalized spacial score (nSPS) is 13.6. The highest BCUT2D eigenvalue weighted by molar-refractivity contribution is 7.25. The van der Waals surface area contributed by atoms with Crippen LogP contribution in [-0.4, -0.2) is 4.57 Å². The van der Waals surface area contributed by atoms with Crippen molar-refractivity contribution in [2.75, 3.05) is 4.90 Å². The lowest BCUT2D eigenvalue weighted by Crippen LogP contribution is -2.26. The quantitative estimate of drug-likeness (QED) is 0.173. The number of benzene rings is 10. The third kappa shape index (κ3) is 3.92. The highest BCUT2D eigenvalue weighted by atomic mass is 32.1. The molecule has 0 atom stereocenters. The summed E-state index contributed by atoms with van der Waals surface area (Å²) in [5.74, 6) is 0. The van der Waals surface area contributed by atoms with E-state index in [1.165, 1.54) is 114 Å². The van der Waals surface area contributed by atoms with E-state index >= 15 is 0 Å². The van der Waals surface area contributed by atoms with E-state index in [1.807, 2.05) is 11.3 Å². The van der Waals surface area contributed by atoms with E-state index < -0.39 is 5.41 Å². The fourth-order valence-corrected chi connectivity index (χ4v) is 13.1. The SMILES string of the molecule is c1ccc2c(c1)-c1ccccc1C21c2cccc3c2-c2c1ccc1c4ccccc4n(c21)-c1cccc(N(c2ccc4sc5ccccc5c4c2)c2cccc4ccccc24)c1-3. The lowest BCUT2D eigenvalue weighted by atomic mass is 9.70. The molecule has 15 rings (SSSR count). The molecule has 0 amide bonds. The summed E-state index contributed by atoms with van der Waals surface area (Å²) in [6, 6.07) is 77.9. The van der Waals surface area contributed by atoms with Gasteiger partial charge in [-0.3, -0.25) is 0 Å². The topological polar surface area (TPSA) is 8.17 Å². The average Bonchev–Trinajstić information content (AvgIpc) is 4.03. The molecule has 3 aliphatic rings. The minimum absolute atomic E-state index is 0.462. The van der Waals surface area contributed by atoms with Crippen molar-refractivity contribution in [1.82, 2.24) is 4.57 Å². The third-order valence-corrected chi connectivity index (χ3v) is 15.5. The van der Waals surface area contributed by atoms with Crippen molar-refractivity contribution < 1.29 is 0 Å². The number of hydrogen-bond donors (Lipinski definition) is 0. The molecular formula is C59H34N2S. The van der Waals surface area contributed by atoms with Crippen molar-refractivity contribution in [3.05, 3.63) is 229 Å². The smallest absolute Gasteiger partial charge is 0.0726 e. The van der Waals surface area contributed by atoms with Crippen LogP contribution >= 0.6 is 11.3 Å². The van der Waals surface area contributed by atoms with Crippen LogP contribution in [0.3, 0.4) is 0 Å². The Morgan fingerprint density at radius 2 is 1.02 bits per heavy atom. The predicted molar refractivity (Wildman–Crippen MR) is 261 cm³/mol. The van der Waals surface area contributed by atoms with Crippen molar-refractivity contribution >= 4 is 81.1 Å². The second-order valence-corrected chi connectivity index (χ2v) is 18.2. The number of rotatable bonds is 3. The number of para-hydroxylation sites is 1. The third-order valence-electron chi connectivity index (χ3n) is 14.3. The van der Waals surface area contributed by atoms with Gasteiger partial charge in [-0.25, -0.2) is 0 Å². The molecule has 2 aliphatic carbocycles. The van der Waals surface area contributed by atoms with Crippen molar-refractivity contribution in [2.45, 2.75) is 5.41 Å². The van der Waals surface area contributed by atoms with Gasteiger partial charge in [0.15, 0.2) is 0 Å². The van der Waals surface area contributed by atoms with Gasteiger partial charge in [0.25, 0.3) is 0 Å². The van der Waals surface area contributed by atoms with Crippen LogP contribution in [0.2, 0.25) is 0 Å². The number of anilines is 3. The molecule has 10 aromatic carbocycles. The molecule has 1 aliphatic heterocycles. The molecule has 2 nitrogen and oxygen atoms in total. The summed E-state index contributed by atoms with van der Waals surface area (Å²) in [6.07, 6.45) is 0. The summed E-state index contributed by atoms with van der Waals surface area (Å²) < 4.78 is 5.22. The van der Waals surface area contributed by atoms with Crippen LogP contribution in [0.4, 0.5) is 17.1 Å². The van der Waals surface area contributed by atoms with E-state index in [2.05, 4.69) is 216 Å². The minimum atomic E-state index is -0.462. The summed E-state index contributed by atoms with van der Waals surface area (Å²) in [6.45, 7) is 0. The predicted octanol–water partition coefficient (Wildman–Crippen LogP) is 16.1. The Labute approximate surface area is 361 Å². The molecule has 0 saturated heterocycles. The fourth-order valence-electron chi connectivity index (χ4n) is 12.0. The molecular weight excluding hydrogens is 769 g/mol. The van der Waals surface area contributed by atoms with Gasteiger partial charge in [0.2, 0.25) is 0 Å². The number of hydrogen-bond acceptors (Lipinski definition) is 2. The highest BCUT2D eigenvalue weighted by Crippen LogP contribution is 2.67. The molecule has 3 heterocycles. The molecule has 0 fully saturated rings. The molecule has 0 N–H and O–H groups in total. The molecule has 0 unspecified atom stereocenters. The lowest BCUT2D eigenvalue weighted by molar-refractivity contribution is 0.794. The van der Waals surface area contributed by atoms with Gasteiger partial charge in [0.05, 0.1) is 33.5 Å². The van der Waals surface area contributed by atoms with Crippen LogP contribution in [0.25, 0.3) is 91.8 Å². The molecule has 62 heavy (non-hydrogen) atoms. The summed E-state index contributed by atoms with van der Waals surface area (Å²) in [5.41, 5.74) is 20.0. The van der Waals surface area contributed by atoms with Crippen molar-refractivity contribution in [3.63, 3.8) is 0 Å². The first-order valence-electron chi connectivity index (χ1n) is 21.5. The van der Waals surface area contributed by atoms with Crippen molar-refractivity contribution in [1.29, 1.82) is 0 Å². The van der Waals surface area contributed by atoms with Crippen LogP contribution in [0.15, 0.2) is 206 Å². The van der Waals surface area contributed by atoms with Gasteiger partial charge in [-0.1, -0.05) is 158 Å². The minimum Gasteiger partial charge on any atom is -0.309 e. The van der Waals surface area contributed by atoms with E-state index in [9.17, 15) is 0 Å². The van der Waals surface area contributed by atoms with Crippen LogP contribution in [0, 0.1) is 0 Å². The Kier molecular flexibility index (Phi) is 6.27. The van der Waals surface area contributed by atoms with E-state index in [0.29, 0.717) is 0 Å². The van der Waals surface area contributed by atoms with E-state index in [-0.39, 0.29) is 0 Å². The van der Waals surface area contributed by atoms with Crippen LogP contribution < -0.4 is 4.90 Å².